The van der Waals surface area contributed by atoms with Crippen LogP contribution in [0.25, 0.3) is 6.08 Å². The smallest absolute Gasteiger partial charge is 0.331 e. The summed E-state index contributed by atoms with van der Waals surface area (Å²) in [5.74, 6) is -2.18. The van der Waals surface area contributed by atoms with Crippen molar-refractivity contribution in [1.29, 1.82) is 0 Å². The molecule has 0 aliphatic carbocycles. The van der Waals surface area contributed by atoms with Crippen molar-refractivity contribution in [3.8, 4) is 23.0 Å². The minimum absolute atomic E-state index is 0.00742. The molecule has 0 radical (unpaired) electrons. The topological polar surface area (TPSA) is 186 Å². The van der Waals surface area contributed by atoms with Crippen molar-refractivity contribution >= 4 is 12.0 Å². The molecule has 0 aromatic heterocycles. The van der Waals surface area contributed by atoms with Crippen LogP contribution >= 0.6 is 0 Å². The maximum absolute atomic E-state index is 12.3. The van der Waals surface area contributed by atoms with E-state index < -0.39 is 43.3 Å². The van der Waals surface area contributed by atoms with Gasteiger partial charge >= 0.3 is 5.97 Å². The molecule has 0 bridgehead atoms. The van der Waals surface area contributed by atoms with E-state index in [2.05, 4.69) is 0 Å². The fraction of sp³-hybridized carbons (Fsp3) is 0.348. The molecule has 1 saturated heterocycles. The normalized spacial score (nSPS) is 24.9. The van der Waals surface area contributed by atoms with Crippen LogP contribution in [0, 0.1) is 0 Å². The summed E-state index contributed by atoms with van der Waals surface area (Å²) in [6.07, 6.45) is -4.52. The Labute approximate surface area is 194 Å². The van der Waals surface area contributed by atoms with Gasteiger partial charge in [0.15, 0.2) is 35.4 Å². The Hall–Kier alpha value is -3.35. The number of benzene rings is 2. The molecule has 1 fully saturated rings. The highest BCUT2D eigenvalue weighted by molar-refractivity contribution is 5.87. The predicted molar refractivity (Wildman–Crippen MR) is 116 cm³/mol. The summed E-state index contributed by atoms with van der Waals surface area (Å²) < 4.78 is 16.3. The molecule has 7 N–H and O–H groups in total. The molecule has 0 amide bonds. The molecule has 0 spiro atoms. The number of hydrogen-bond donors (Lipinski definition) is 7. The van der Waals surface area contributed by atoms with Crippen molar-refractivity contribution in [2.24, 2.45) is 0 Å². The van der Waals surface area contributed by atoms with E-state index >= 15 is 0 Å². The maximum Gasteiger partial charge on any atom is 0.331 e. The quantitative estimate of drug-likeness (QED) is 0.155. The number of rotatable bonds is 8. The fourth-order valence-electron chi connectivity index (χ4n) is 3.32. The van der Waals surface area contributed by atoms with Gasteiger partial charge in [-0.1, -0.05) is 12.1 Å². The highest BCUT2D eigenvalue weighted by Crippen LogP contribution is 2.28. The number of aliphatic hydroxyl groups excluding tert-OH is 3. The lowest BCUT2D eigenvalue weighted by molar-refractivity contribution is -0.303. The van der Waals surface area contributed by atoms with Crippen molar-refractivity contribution in [2.45, 2.75) is 37.1 Å². The van der Waals surface area contributed by atoms with Gasteiger partial charge in [0.2, 0.25) is 0 Å². The summed E-state index contributed by atoms with van der Waals surface area (Å²) in [5.41, 5.74) is 1.01. The third-order valence-electron chi connectivity index (χ3n) is 5.20. The lowest BCUT2D eigenvalue weighted by atomic mass is 9.99. The standard InChI is InChI=1S/C23H26O11/c24-11-18-20(30)21(31)22(34-19(29)6-3-12-1-4-14(25)16(27)9-12)23(33-18)32-8-7-13-2-5-15(26)17(28)10-13/h1-6,9-10,18,20-28,30-31H,7-8,11H2/b6-3+. The van der Waals surface area contributed by atoms with Gasteiger partial charge < -0.3 is 50.0 Å². The van der Waals surface area contributed by atoms with E-state index in [4.69, 9.17) is 14.2 Å². The molecule has 1 aliphatic heterocycles. The van der Waals surface area contributed by atoms with Crippen LogP contribution in [0.3, 0.4) is 0 Å². The van der Waals surface area contributed by atoms with E-state index in [1.807, 2.05) is 0 Å². The zero-order chi connectivity index (χ0) is 24.8. The number of ether oxygens (including phenoxy) is 3. The number of hydrogen-bond acceptors (Lipinski definition) is 11. The van der Waals surface area contributed by atoms with Gasteiger partial charge in [0.05, 0.1) is 13.2 Å². The van der Waals surface area contributed by atoms with E-state index in [-0.39, 0.29) is 36.0 Å². The summed E-state index contributed by atoms with van der Waals surface area (Å²) in [4.78, 5) is 12.3. The zero-order valence-electron chi connectivity index (χ0n) is 17.9. The number of carbonyl (C=O) groups is 1. The van der Waals surface area contributed by atoms with E-state index in [0.29, 0.717) is 11.1 Å². The third kappa shape index (κ3) is 6.16. The van der Waals surface area contributed by atoms with Crippen LogP contribution in [0.1, 0.15) is 11.1 Å². The average molecular weight is 478 g/mol. The van der Waals surface area contributed by atoms with Gasteiger partial charge in [0, 0.05) is 6.08 Å². The molecular formula is C23H26O11. The third-order valence-corrected chi connectivity index (χ3v) is 5.20. The SMILES string of the molecule is O=C(/C=C/c1ccc(O)c(O)c1)OC1C(OCCc2ccc(O)c(O)c2)OC(CO)C(O)C1O. The first-order valence-corrected chi connectivity index (χ1v) is 10.3. The van der Waals surface area contributed by atoms with Crippen LogP contribution in [-0.2, 0) is 25.4 Å². The first-order chi connectivity index (χ1) is 16.2. The van der Waals surface area contributed by atoms with E-state index in [9.17, 15) is 40.5 Å². The Morgan fingerprint density at radius 3 is 2.26 bits per heavy atom. The number of aliphatic hydroxyl groups is 3. The highest BCUT2D eigenvalue weighted by atomic mass is 16.7. The number of phenolic OH excluding ortho intramolecular Hbond substituents is 4. The minimum atomic E-state index is -1.62. The predicted octanol–water partition coefficient (Wildman–Crippen LogP) is 0.132. The van der Waals surface area contributed by atoms with Crippen LogP contribution in [-0.4, -0.2) is 85.6 Å². The van der Waals surface area contributed by atoms with Gasteiger partial charge in [-0.2, -0.15) is 0 Å². The Morgan fingerprint density at radius 1 is 0.941 bits per heavy atom. The Kier molecular flexibility index (Phi) is 8.31. The fourth-order valence-corrected chi connectivity index (χ4v) is 3.32. The molecule has 11 heteroatoms. The van der Waals surface area contributed by atoms with Gasteiger partial charge in [0.25, 0.3) is 0 Å². The number of esters is 1. The van der Waals surface area contributed by atoms with Crippen molar-refractivity contribution in [3.63, 3.8) is 0 Å². The zero-order valence-corrected chi connectivity index (χ0v) is 17.9. The van der Waals surface area contributed by atoms with E-state index in [1.54, 1.807) is 6.07 Å². The summed E-state index contributed by atoms with van der Waals surface area (Å²) >= 11 is 0. The maximum atomic E-state index is 12.3. The monoisotopic (exact) mass is 478 g/mol. The second kappa shape index (κ2) is 11.2. The van der Waals surface area contributed by atoms with E-state index in [0.717, 1.165) is 6.08 Å². The van der Waals surface area contributed by atoms with Crippen LogP contribution in [0.5, 0.6) is 23.0 Å². The summed E-state index contributed by atoms with van der Waals surface area (Å²) in [6, 6.07) is 8.13. The van der Waals surface area contributed by atoms with Crippen LogP contribution in [0.4, 0.5) is 0 Å². The van der Waals surface area contributed by atoms with Gasteiger partial charge in [-0.3, -0.25) is 0 Å². The largest absolute Gasteiger partial charge is 0.504 e. The molecule has 184 valence electrons. The number of carbonyl (C=O) groups excluding carboxylic acids is 1. The summed E-state index contributed by atoms with van der Waals surface area (Å²) in [5, 5.41) is 67.9. The minimum Gasteiger partial charge on any atom is -0.504 e. The second-order valence-electron chi connectivity index (χ2n) is 7.63. The summed E-state index contributed by atoms with van der Waals surface area (Å²) in [6.45, 7) is -0.624. The molecule has 0 saturated carbocycles. The van der Waals surface area contributed by atoms with Crippen LogP contribution in [0.15, 0.2) is 42.5 Å². The number of aromatic hydroxyl groups is 4. The van der Waals surface area contributed by atoms with Crippen molar-refractivity contribution < 1.29 is 54.8 Å². The van der Waals surface area contributed by atoms with Gasteiger partial charge in [-0.15, -0.1) is 0 Å². The lowest BCUT2D eigenvalue weighted by Gasteiger charge is -2.41. The average Bonchev–Trinajstić information content (AvgIpc) is 2.81. The first kappa shape index (κ1) is 25.3. The Bertz CT molecular complexity index is 1020. The molecule has 2 aromatic rings. The van der Waals surface area contributed by atoms with Gasteiger partial charge in [-0.25, -0.2) is 4.79 Å². The van der Waals surface area contributed by atoms with Gasteiger partial charge in [0.1, 0.15) is 18.3 Å². The molecule has 1 aliphatic rings. The molecular weight excluding hydrogens is 452 g/mol. The summed E-state index contributed by atoms with van der Waals surface area (Å²) in [7, 11) is 0. The van der Waals surface area contributed by atoms with Gasteiger partial charge in [-0.05, 0) is 47.9 Å². The molecule has 1 heterocycles. The second-order valence-corrected chi connectivity index (χ2v) is 7.63. The molecule has 11 nitrogen and oxygen atoms in total. The van der Waals surface area contributed by atoms with Crippen molar-refractivity contribution in [3.05, 3.63) is 53.6 Å². The van der Waals surface area contributed by atoms with Crippen molar-refractivity contribution in [2.75, 3.05) is 13.2 Å². The Morgan fingerprint density at radius 2 is 1.62 bits per heavy atom. The highest BCUT2D eigenvalue weighted by Gasteiger charge is 2.47. The number of phenols is 4. The Balaban J connectivity index is 1.66. The van der Waals surface area contributed by atoms with Crippen LogP contribution in [0.2, 0.25) is 0 Å². The molecule has 2 aromatic carbocycles. The van der Waals surface area contributed by atoms with Crippen molar-refractivity contribution in [1.82, 2.24) is 0 Å². The lowest BCUT2D eigenvalue weighted by Crippen LogP contribution is -2.60. The molecule has 5 atom stereocenters. The van der Waals surface area contributed by atoms with E-state index in [1.165, 1.54) is 36.4 Å². The molecule has 5 unspecified atom stereocenters. The molecule has 34 heavy (non-hydrogen) atoms. The molecule has 3 rings (SSSR count). The van der Waals surface area contributed by atoms with Crippen LogP contribution < -0.4 is 0 Å². The first-order valence-electron chi connectivity index (χ1n) is 10.3.